The molecule has 0 bridgehead atoms. The predicted molar refractivity (Wildman–Crippen MR) is 129 cm³/mol. The van der Waals surface area contributed by atoms with Crippen molar-refractivity contribution in [3.05, 3.63) is 118 Å². The third kappa shape index (κ3) is 4.45. The summed E-state index contributed by atoms with van der Waals surface area (Å²) in [4.78, 5) is 38.4. The zero-order valence-corrected chi connectivity index (χ0v) is 18.6. The maximum atomic E-state index is 13.3. The van der Waals surface area contributed by atoms with Crippen molar-refractivity contribution in [1.82, 2.24) is 4.57 Å². The van der Waals surface area contributed by atoms with E-state index in [0.717, 1.165) is 5.56 Å². The molecule has 0 unspecified atom stereocenters. The number of phenolic OH excluding ortho intramolecular Hbond substituents is 1. The second-order valence-corrected chi connectivity index (χ2v) is 7.65. The number of rotatable bonds is 6. The Labute approximate surface area is 195 Å². The summed E-state index contributed by atoms with van der Waals surface area (Å²) in [5, 5.41) is 13.5. The SMILES string of the molecule is COc1ccc(C(=O)c2ccc(=O)n(-c3cccc(C)c3)c2)c(O)c1NC(=O)c1ccccc1. The second-order valence-electron chi connectivity index (χ2n) is 7.65. The molecule has 3 aromatic carbocycles. The molecule has 0 aliphatic rings. The van der Waals surface area contributed by atoms with Crippen molar-refractivity contribution in [3.8, 4) is 17.2 Å². The molecule has 0 fully saturated rings. The number of pyridine rings is 1. The molecule has 0 aliphatic heterocycles. The van der Waals surface area contributed by atoms with Gasteiger partial charge in [0.05, 0.1) is 12.7 Å². The number of carbonyl (C=O) groups is 2. The van der Waals surface area contributed by atoms with Crippen molar-refractivity contribution < 1.29 is 19.4 Å². The van der Waals surface area contributed by atoms with Gasteiger partial charge >= 0.3 is 0 Å². The van der Waals surface area contributed by atoms with Gasteiger partial charge in [-0.3, -0.25) is 19.0 Å². The number of anilines is 1. The lowest BCUT2D eigenvalue weighted by Crippen LogP contribution is -2.19. The molecule has 1 aromatic heterocycles. The topological polar surface area (TPSA) is 97.6 Å². The number of aryl methyl sites for hydroxylation is 1. The average molecular weight is 454 g/mol. The van der Waals surface area contributed by atoms with Crippen LogP contribution >= 0.6 is 0 Å². The van der Waals surface area contributed by atoms with E-state index >= 15 is 0 Å². The summed E-state index contributed by atoms with van der Waals surface area (Å²) in [5.41, 5.74) is 1.81. The molecule has 170 valence electrons. The Hall–Kier alpha value is -4.65. The molecule has 7 heteroatoms. The second kappa shape index (κ2) is 9.46. The van der Waals surface area contributed by atoms with Crippen LogP contribution in [-0.2, 0) is 0 Å². The maximum Gasteiger partial charge on any atom is 0.255 e. The summed E-state index contributed by atoms with van der Waals surface area (Å²) in [5.74, 6) is -1.21. The highest BCUT2D eigenvalue weighted by atomic mass is 16.5. The van der Waals surface area contributed by atoms with Crippen LogP contribution < -0.4 is 15.6 Å². The molecule has 0 spiro atoms. The standard InChI is InChI=1S/C27H22N2O5/c1-17-7-6-10-20(15-17)29-16-19(11-14-23(29)30)25(31)21-12-13-22(34-2)24(26(21)32)28-27(33)18-8-4-3-5-9-18/h3-16,32H,1-2H3,(H,28,33). The number of hydrogen-bond donors (Lipinski definition) is 2. The van der Waals surface area contributed by atoms with E-state index in [1.807, 2.05) is 25.1 Å². The highest BCUT2D eigenvalue weighted by molar-refractivity contribution is 6.13. The van der Waals surface area contributed by atoms with Gasteiger partial charge in [-0.2, -0.15) is 0 Å². The smallest absolute Gasteiger partial charge is 0.255 e. The maximum absolute atomic E-state index is 13.3. The number of nitrogens with zero attached hydrogens (tertiary/aromatic N) is 1. The summed E-state index contributed by atoms with van der Waals surface area (Å²) in [6.07, 6.45) is 1.44. The molecule has 1 amide bonds. The van der Waals surface area contributed by atoms with Crippen molar-refractivity contribution in [1.29, 1.82) is 0 Å². The zero-order valence-electron chi connectivity index (χ0n) is 18.6. The van der Waals surface area contributed by atoms with Crippen LogP contribution in [0.5, 0.6) is 11.5 Å². The number of aromatic hydroxyl groups is 1. The van der Waals surface area contributed by atoms with E-state index in [4.69, 9.17) is 4.74 Å². The van der Waals surface area contributed by atoms with Crippen LogP contribution in [0.1, 0.15) is 31.8 Å². The minimum Gasteiger partial charge on any atom is -0.505 e. The Kier molecular flexibility index (Phi) is 6.27. The van der Waals surface area contributed by atoms with Gasteiger partial charge in [-0.25, -0.2) is 0 Å². The van der Waals surface area contributed by atoms with Gasteiger partial charge in [0.15, 0.2) is 11.5 Å². The van der Waals surface area contributed by atoms with Gasteiger partial charge in [0.2, 0.25) is 0 Å². The van der Waals surface area contributed by atoms with Crippen molar-refractivity contribution in [2.45, 2.75) is 6.92 Å². The van der Waals surface area contributed by atoms with Crippen LogP contribution in [0, 0.1) is 6.92 Å². The first-order chi connectivity index (χ1) is 16.4. The highest BCUT2D eigenvalue weighted by Gasteiger charge is 2.22. The van der Waals surface area contributed by atoms with Gasteiger partial charge in [0, 0.05) is 29.1 Å². The monoisotopic (exact) mass is 454 g/mol. The van der Waals surface area contributed by atoms with Gasteiger partial charge in [0.1, 0.15) is 11.4 Å². The number of nitrogens with one attached hydrogen (secondary N) is 1. The van der Waals surface area contributed by atoms with Gasteiger partial charge in [0.25, 0.3) is 11.5 Å². The normalized spacial score (nSPS) is 10.5. The predicted octanol–water partition coefficient (Wildman–Crippen LogP) is 4.34. The molecule has 34 heavy (non-hydrogen) atoms. The van der Waals surface area contributed by atoms with E-state index in [9.17, 15) is 19.5 Å². The van der Waals surface area contributed by atoms with E-state index in [-0.39, 0.29) is 28.1 Å². The van der Waals surface area contributed by atoms with E-state index in [1.54, 1.807) is 36.4 Å². The summed E-state index contributed by atoms with van der Waals surface area (Å²) in [7, 11) is 1.40. The fourth-order valence-corrected chi connectivity index (χ4v) is 3.58. The van der Waals surface area contributed by atoms with Gasteiger partial charge in [-0.05, 0) is 55.0 Å². The lowest BCUT2D eigenvalue weighted by molar-refractivity contribution is 0.101. The minimum atomic E-state index is -0.517. The number of ketones is 1. The summed E-state index contributed by atoms with van der Waals surface area (Å²) >= 11 is 0. The Morgan fingerprint density at radius 3 is 2.38 bits per heavy atom. The number of carbonyl (C=O) groups excluding carboxylic acids is 2. The molecular formula is C27H22N2O5. The molecule has 0 aliphatic carbocycles. The van der Waals surface area contributed by atoms with E-state index in [0.29, 0.717) is 11.3 Å². The van der Waals surface area contributed by atoms with Crippen molar-refractivity contribution in [2.75, 3.05) is 12.4 Å². The zero-order chi connectivity index (χ0) is 24.2. The van der Waals surface area contributed by atoms with Crippen LogP contribution in [0.2, 0.25) is 0 Å². The van der Waals surface area contributed by atoms with Gasteiger partial charge < -0.3 is 15.2 Å². The molecule has 0 saturated carbocycles. The Morgan fingerprint density at radius 1 is 0.912 bits per heavy atom. The van der Waals surface area contributed by atoms with Crippen LogP contribution in [0.25, 0.3) is 5.69 Å². The van der Waals surface area contributed by atoms with Gasteiger partial charge in [-0.15, -0.1) is 0 Å². The van der Waals surface area contributed by atoms with E-state index < -0.39 is 17.4 Å². The molecule has 0 radical (unpaired) electrons. The number of aromatic nitrogens is 1. The first kappa shape index (κ1) is 22.5. The Balaban J connectivity index is 1.73. The summed E-state index contributed by atoms with van der Waals surface area (Å²) < 4.78 is 6.65. The van der Waals surface area contributed by atoms with Crippen molar-refractivity contribution in [3.63, 3.8) is 0 Å². The number of ether oxygens (including phenoxy) is 1. The number of amides is 1. The molecule has 4 aromatic rings. The Morgan fingerprint density at radius 2 is 1.68 bits per heavy atom. The molecule has 2 N–H and O–H groups in total. The third-order valence-corrected chi connectivity index (χ3v) is 5.33. The number of benzene rings is 3. The lowest BCUT2D eigenvalue weighted by Gasteiger charge is -2.15. The van der Waals surface area contributed by atoms with Crippen molar-refractivity contribution in [2.24, 2.45) is 0 Å². The fourth-order valence-electron chi connectivity index (χ4n) is 3.58. The average Bonchev–Trinajstić information content (AvgIpc) is 2.85. The molecular weight excluding hydrogens is 432 g/mol. The first-order valence-electron chi connectivity index (χ1n) is 10.5. The fraction of sp³-hybridized carbons (Fsp3) is 0.0741. The largest absolute Gasteiger partial charge is 0.505 e. The first-order valence-corrected chi connectivity index (χ1v) is 10.5. The minimum absolute atomic E-state index is 0.0193. The summed E-state index contributed by atoms with van der Waals surface area (Å²) in [6, 6.07) is 21.4. The number of hydrogen-bond acceptors (Lipinski definition) is 5. The summed E-state index contributed by atoms with van der Waals surface area (Å²) in [6.45, 7) is 1.91. The molecule has 1 heterocycles. The third-order valence-electron chi connectivity index (χ3n) is 5.33. The van der Waals surface area contributed by atoms with Crippen molar-refractivity contribution >= 4 is 17.4 Å². The molecule has 4 rings (SSSR count). The van der Waals surface area contributed by atoms with Crippen LogP contribution in [0.3, 0.4) is 0 Å². The molecule has 7 nitrogen and oxygen atoms in total. The van der Waals surface area contributed by atoms with Crippen LogP contribution in [-0.4, -0.2) is 28.5 Å². The molecule has 0 atom stereocenters. The lowest BCUT2D eigenvalue weighted by atomic mass is 10.0. The highest BCUT2D eigenvalue weighted by Crippen LogP contribution is 2.38. The number of phenols is 1. The molecule has 0 saturated heterocycles. The quantitative estimate of drug-likeness (QED) is 0.334. The number of methoxy groups -OCH3 is 1. The van der Waals surface area contributed by atoms with E-state index in [2.05, 4.69) is 5.32 Å². The van der Waals surface area contributed by atoms with Crippen LogP contribution in [0.15, 0.2) is 89.9 Å². The van der Waals surface area contributed by atoms with Crippen LogP contribution in [0.4, 0.5) is 5.69 Å². The van der Waals surface area contributed by atoms with E-state index in [1.165, 1.54) is 42.1 Å². The van der Waals surface area contributed by atoms with Gasteiger partial charge in [-0.1, -0.05) is 30.3 Å². The Bertz CT molecular complexity index is 1440.